The summed E-state index contributed by atoms with van der Waals surface area (Å²) in [5.41, 5.74) is 0.960. The third-order valence-electron chi connectivity index (χ3n) is 5.07. The molecule has 0 radical (unpaired) electrons. The van der Waals surface area contributed by atoms with Gasteiger partial charge in [-0.3, -0.25) is 19.7 Å². The maximum atomic E-state index is 13.1. The second-order valence-corrected chi connectivity index (χ2v) is 7.37. The van der Waals surface area contributed by atoms with Crippen LogP contribution in [-0.4, -0.2) is 37.5 Å². The van der Waals surface area contributed by atoms with E-state index in [0.29, 0.717) is 22.7 Å². The monoisotopic (exact) mass is 471 g/mol. The van der Waals surface area contributed by atoms with Crippen molar-refractivity contribution in [3.8, 4) is 11.5 Å². The van der Waals surface area contributed by atoms with Crippen molar-refractivity contribution in [1.29, 1.82) is 0 Å². The highest BCUT2D eigenvalue weighted by atomic mass is 16.5. The van der Waals surface area contributed by atoms with E-state index in [1.165, 1.54) is 13.2 Å². The van der Waals surface area contributed by atoms with Gasteiger partial charge in [-0.1, -0.05) is 48.5 Å². The van der Waals surface area contributed by atoms with E-state index in [1.54, 1.807) is 78.9 Å². The van der Waals surface area contributed by atoms with Crippen LogP contribution in [0.25, 0.3) is 6.08 Å². The summed E-state index contributed by atoms with van der Waals surface area (Å²) >= 11 is 0. The van der Waals surface area contributed by atoms with E-state index in [-0.39, 0.29) is 17.9 Å². The SMILES string of the molecule is COc1ccccc1NC(=O)COc1ccccc1C=C1C(=O)NC(=O)N(c2ccccc2)C1=O. The Balaban J connectivity index is 1.53. The summed E-state index contributed by atoms with van der Waals surface area (Å²) in [4.78, 5) is 51.2. The lowest BCUT2D eigenvalue weighted by Crippen LogP contribution is -2.54. The van der Waals surface area contributed by atoms with Crippen molar-refractivity contribution in [2.24, 2.45) is 0 Å². The maximum Gasteiger partial charge on any atom is 0.335 e. The van der Waals surface area contributed by atoms with E-state index in [1.807, 2.05) is 0 Å². The molecule has 0 saturated carbocycles. The zero-order chi connectivity index (χ0) is 24.8. The molecule has 176 valence electrons. The van der Waals surface area contributed by atoms with Gasteiger partial charge in [-0.2, -0.15) is 0 Å². The highest BCUT2D eigenvalue weighted by Crippen LogP contribution is 2.26. The molecule has 9 heteroatoms. The largest absolute Gasteiger partial charge is 0.495 e. The minimum atomic E-state index is -0.833. The summed E-state index contributed by atoms with van der Waals surface area (Å²) in [6.45, 7) is -0.326. The first-order valence-corrected chi connectivity index (χ1v) is 10.6. The Hall–Kier alpha value is -4.92. The summed E-state index contributed by atoms with van der Waals surface area (Å²) < 4.78 is 10.9. The second kappa shape index (κ2) is 10.3. The molecule has 4 rings (SSSR count). The number of carbonyl (C=O) groups excluding carboxylic acids is 4. The predicted octanol–water partition coefficient (Wildman–Crippen LogP) is 3.38. The zero-order valence-electron chi connectivity index (χ0n) is 18.7. The number of hydrogen-bond donors (Lipinski definition) is 2. The highest BCUT2D eigenvalue weighted by molar-refractivity contribution is 6.39. The van der Waals surface area contributed by atoms with Crippen LogP contribution in [0.4, 0.5) is 16.2 Å². The number of carbonyl (C=O) groups is 4. The van der Waals surface area contributed by atoms with Gasteiger partial charge in [0.25, 0.3) is 17.7 Å². The van der Waals surface area contributed by atoms with Crippen LogP contribution in [0.3, 0.4) is 0 Å². The predicted molar refractivity (Wildman–Crippen MR) is 129 cm³/mol. The number of para-hydroxylation sites is 4. The Morgan fingerprint density at radius 2 is 1.57 bits per heavy atom. The molecule has 1 aliphatic heterocycles. The fraction of sp³-hybridized carbons (Fsp3) is 0.0769. The zero-order valence-corrected chi connectivity index (χ0v) is 18.7. The van der Waals surface area contributed by atoms with Crippen molar-refractivity contribution < 1.29 is 28.7 Å². The van der Waals surface area contributed by atoms with Crippen molar-refractivity contribution in [3.05, 3.63) is 90.0 Å². The van der Waals surface area contributed by atoms with E-state index in [9.17, 15) is 19.2 Å². The summed E-state index contributed by atoms with van der Waals surface area (Å²) in [6, 6.07) is 21.0. The smallest absolute Gasteiger partial charge is 0.335 e. The molecule has 0 unspecified atom stereocenters. The van der Waals surface area contributed by atoms with Crippen LogP contribution in [0.5, 0.6) is 11.5 Å². The lowest BCUT2D eigenvalue weighted by atomic mass is 10.1. The Kier molecular flexibility index (Phi) is 6.87. The molecule has 0 bridgehead atoms. The number of nitrogens with zero attached hydrogens (tertiary/aromatic N) is 1. The Bertz CT molecular complexity index is 1320. The van der Waals surface area contributed by atoms with Gasteiger partial charge < -0.3 is 14.8 Å². The van der Waals surface area contributed by atoms with E-state index in [4.69, 9.17) is 9.47 Å². The quantitative estimate of drug-likeness (QED) is 0.403. The van der Waals surface area contributed by atoms with Crippen molar-refractivity contribution in [3.63, 3.8) is 0 Å². The van der Waals surface area contributed by atoms with Crippen molar-refractivity contribution in [2.75, 3.05) is 23.9 Å². The molecule has 9 nitrogen and oxygen atoms in total. The van der Waals surface area contributed by atoms with Gasteiger partial charge in [0.05, 0.1) is 18.5 Å². The molecule has 1 heterocycles. The standard InChI is InChI=1S/C26H21N3O6/c1-34-22-14-8-6-12-20(22)27-23(30)16-35-21-13-7-5-9-17(21)15-19-24(31)28-26(33)29(25(19)32)18-10-3-2-4-11-18/h2-15H,16H2,1H3,(H,27,30)(H,28,31,33). The van der Waals surface area contributed by atoms with Crippen molar-refractivity contribution >= 4 is 41.2 Å². The molecule has 35 heavy (non-hydrogen) atoms. The molecular weight excluding hydrogens is 450 g/mol. The highest BCUT2D eigenvalue weighted by Gasteiger charge is 2.36. The minimum absolute atomic E-state index is 0.247. The van der Waals surface area contributed by atoms with Gasteiger partial charge in [-0.05, 0) is 36.4 Å². The summed E-state index contributed by atoms with van der Waals surface area (Å²) in [5, 5.41) is 4.89. The first kappa shape index (κ1) is 23.2. The average molecular weight is 471 g/mol. The van der Waals surface area contributed by atoms with Crippen LogP contribution in [0.15, 0.2) is 84.4 Å². The average Bonchev–Trinajstić information content (AvgIpc) is 2.86. The number of nitrogens with one attached hydrogen (secondary N) is 2. The molecule has 2 N–H and O–H groups in total. The maximum absolute atomic E-state index is 13.1. The summed E-state index contributed by atoms with van der Waals surface area (Å²) in [6.07, 6.45) is 1.33. The molecule has 0 spiro atoms. The minimum Gasteiger partial charge on any atom is -0.495 e. The lowest BCUT2D eigenvalue weighted by molar-refractivity contribution is -0.122. The molecule has 1 fully saturated rings. The number of rotatable bonds is 7. The number of anilines is 2. The normalized spacial score (nSPS) is 14.5. The van der Waals surface area contributed by atoms with E-state index in [0.717, 1.165) is 4.90 Å². The van der Waals surface area contributed by atoms with Crippen LogP contribution in [0.2, 0.25) is 0 Å². The fourth-order valence-corrected chi connectivity index (χ4v) is 3.43. The van der Waals surface area contributed by atoms with Crippen LogP contribution < -0.4 is 25.0 Å². The molecule has 3 aromatic carbocycles. The van der Waals surface area contributed by atoms with Crippen molar-refractivity contribution in [1.82, 2.24) is 5.32 Å². The molecule has 1 saturated heterocycles. The topological polar surface area (TPSA) is 114 Å². The number of amides is 5. The van der Waals surface area contributed by atoms with E-state index < -0.39 is 23.8 Å². The van der Waals surface area contributed by atoms with Crippen LogP contribution >= 0.6 is 0 Å². The Labute approximate surface area is 201 Å². The first-order chi connectivity index (χ1) is 17.0. The van der Waals surface area contributed by atoms with Crippen LogP contribution in [0, 0.1) is 0 Å². The number of hydrogen-bond acceptors (Lipinski definition) is 6. The molecule has 0 aromatic heterocycles. The van der Waals surface area contributed by atoms with Gasteiger partial charge in [0, 0.05) is 5.56 Å². The molecule has 5 amide bonds. The lowest BCUT2D eigenvalue weighted by Gasteiger charge is -2.26. The fourth-order valence-electron chi connectivity index (χ4n) is 3.43. The molecule has 3 aromatic rings. The molecular formula is C26H21N3O6. The van der Waals surface area contributed by atoms with Crippen molar-refractivity contribution in [2.45, 2.75) is 0 Å². The number of urea groups is 1. The van der Waals surface area contributed by atoms with E-state index in [2.05, 4.69) is 10.6 Å². The molecule has 1 aliphatic rings. The second-order valence-electron chi connectivity index (χ2n) is 7.37. The number of methoxy groups -OCH3 is 1. The Morgan fingerprint density at radius 1 is 0.914 bits per heavy atom. The number of imide groups is 2. The van der Waals surface area contributed by atoms with Gasteiger partial charge in [0.1, 0.15) is 17.1 Å². The van der Waals surface area contributed by atoms with E-state index >= 15 is 0 Å². The van der Waals surface area contributed by atoms with Gasteiger partial charge in [0.2, 0.25) is 0 Å². The summed E-state index contributed by atoms with van der Waals surface area (Å²) in [5.74, 6) is -1.24. The number of benzene rings is 3. The number of barbiturate groups is 1. The number of ether oxygens (including phenoxy) is 2. The van der Waals surface area contributed by atoms with Gasteiger partial charge in [-0.15, -0.1) is 0 Å². The Morgan fingerprint density at radius 3 is 2.31 bits per heavy atom. The third-order valence-corrected chi connectivity index (χ3v) is 5.07. The molecule has 0 atom stereocenters. The first-order valence-electron chi connectivity index (χ1n) is 10.6. The van der Waals surface area contributed by atoms with Crippen LogP contribution in [0.1, 0.15) is 5.56 Å². The van der Waals surface area contributed by atoms with Gasteiger partial charge >= 0.3 is 6.03 Å². The molecule has 0 aliphatic carbocycles. The van der Waals surface area contributed by atoms with Gasteiger partial charge in [0.15, 0.2) is 6.61 Å². The summed E-state index contributed by atoms with van der Waals surface area (Å²) in [7, 11) is 1.50. The van der Waals surface area contributed by atoms with Crippen LogP contribution in [-0.2, 0) is 14.4 Å². The van der Waals surface area contributed by atoms with Gasteiger partial charge in [-0.25, -0.2) is 9.69 Å². The third kappa shape index (κ3) is 5.19.